The molecule has 0 saturated heterocycles. The number of carbonyl (C=O) groups excluding carboxylic acids is 1. The molecule has 1 N–H and O–H groups in total. The van der Waals surface area contributed by atoms with Crippen LogP contribution in [0.5, 0.6) is 0 Å². The number of hydroxylamine groups is 2. The normalized spacial score (nSPS) is 14.0. The van der Waals surface area contributed by atoms with E-state index in [1.807, 2.05) is 45.1 Å². The van der Waals surface area contributed by atoms with E-state index in [0.29, 0.717) is 23.4 Å². The predicted octanol–water partition coefficient (Wildman–Crippen LogP) is 7.75. The lowest BCUT2D eigenvalue weighted by Gasteiger charge is -2.20. The SMILES string of the molecule is C=C\C=C(C(\CC)=C(C(=C)CCc1[nH]ncc1C)/C(/C=C\C)=C/C=C/C=C/C(=O)N(C)OC)/C(Cl)=C\CF. The third-order valence-electron chi connectivity index (χ3n) is 5.70. The number of H-pyrrole nitrogens is 1. The van der Waals surface area contributed by atoms with Crippen molar-refractivity contribution >= 4 is 17.5 Å². The molecule has 0 unspecified atom stereocenters. The maximum Gasteiger partial charge on any atom is 0.269 e. The number of aryl methyl sites for hydroxylation is 2. The van der Waals surface area contributed by atoms with Gasteiger partial charge in [0, 0.05) is 23.8 Å². The Morgan fingerprint density at radius 1 is 1.26 bits per heavy atom. The quantitative estimate of drug-likeness (QED) is 0.141. The Morgan fingerprint density at radius 2 is 2.00 bits per heavy atom. The van der Waals surface area contributed by atoms with E-state index < -0.39 is 6.67 Å². The Hall–Kier alpha value is -3.48. The molecule has 0 aliphatic carbocycles. The van der Waals surface area contributed by atoms with Crippen molar-refractivity contribution in [2.75, 3.05) is 20.8 Å². The first-order chi connectivity index (χ1) is 18.2. The molecule has 1 heterocycles. The van der Waals surface area contributed by atoms with Gasteiger partial charge in [0.2, 0.25) is 0 Å². The van der Waals surface area contributed by atoms with Gasteiger partial charge in [-0.1, -0.05) is 80.3 Å². The molecule has 7 heteroatoms. The van der Waals surface area contributed by atoms with Gasteiger partial charge in [0.25, 0.3) is 5.91 Å². The Bertz CT molecular complexity index is 1180. The number of nitrogens with one attached hydrogen (secondary N) is 1. The van der Waals surface area contributed by atoms with E-state index in [4.69, 9.17) is 16.4 Å². The minimum atomic E-state index is -0.677. The van der Waals surface area contributed by atoms with Gasteiger partial charge in [0.1, 0.15) is 6.67 Å². The Kier molecular flexibility index (Phi) is 15.3. The average molecular weight is 540 g/mol. The largest absolute Gasteiger partial charge is 0.282 e. The Balaban J connectivity index is 3.66. The minimum Gasteiger partial charge on any atom is -0.282 e. The zero-order valence-corrected chi connectivity index (χ0v) is 23.8. The molecule has 0 aliphatic heterocycles. The van der Waals surface area contributed by atoms with Gasteiger partial charge in [0.05, 0.1) is 13.3 Å². The van der Waals surface area contributed by atoms with Crippen LogP contribution in [0.3, 0.4) is 0 Å². The van der Waals surface area contributed by atoms with Crippen LogP contribution in [0.2, 0.25) is 0 Å². The molecule has 1 aromatic heterocycles. The number of halogens is 2. The van der Waals surface area contributed by atoms with E-state index >= 15 is 0 Å². The van der Waals surface area contributed by atoms with Crippen molar-refractivity contribution in [3.05, 3.63) is 124 Å². The van der Waals surface area contributed by atoms with Crippen LogP contribution >= 0.6 is 11.6 Å². The van der Waals surface area contributed by atoms with Crippen molar-refractivity contribution in [2.24, 2.45) is 0 Å². The summed E-state index contributed by atoms with van der Waals surface area (Å²) >= 11 is 6.54. The molecule has 0 radical (unpaired) electrons. The highest BCUT2D eigenvalue weighted by molar-refractivity contribution is 6.32. The fraction of sp³-hybridized carbons (Fsp3) is 0.290. The van der Waals surface area contributed by atoms with Gasteiger partial charge in [-0.2, -0.15) is 5.10 Å². The van der Waals surface area contributed by atoms with Gasteiger partial charge < -0.3 is 0 Å². The second kappa shape index (κ2) is 17.9. The summed E-state index contributed by atoms with van der Waals surface area (Å²) in [6.07, 6.45) is 21.2. The highest BCUT2D eigenvalue weighted by atomic mass is 35.5. The topological polar surface area (TPSA) is 58.2 Å². The van der Waals surface area contributed by atoms with Gasteiger partial charge in [-0.25, -0.2) is 9.45 Å². The van der Waals surface area contributed by atoms with E-state index in [0.717, 1.165) is 45.0 Å². The lowest BCUT2D eigenvalue weighted by molar-refractivity contribution is -0.162. The first-order valence-corrected chi connectivity index (χ1v) is 12.8. The lowest BCUT2D eigenvalue weighted by atomic mass is 9.85. The van der Waals surface area contributed by atoms with Gasteiger partial charge in [0.15, 0.2) is 0 Å². The average Bonchev–Trinajstić information content (AvgIpc) is 3.32. The van der Waals surface area contributed by atoms with E-state index in [-0.39, 0.29) is 5.91 Å². The zero-order valence-electron chi connectivity index (χ0n) is 23.1. The monoisotopic (exact) mass is 539 g/mol. The second-order valence-corrected chi connectivity index (χ2v) is 8.66. The third-order valence-corrected chi connectivity index (χ3v) is 6.06. The molecule has 0 aliphatic rings. The summed E-state index contributed by atoms with van der Waals surface area (Å²) < 4.78 is 13.2. The molecule has 0 aromatic carbocycles. The maximum absolute atomic E-state index is 13.2. The van der Waals surface area contributed by atoms with Crippen LogP contribution in [0, 0.1) is 6.92 Å². The fourth-order valence-electron chi connectivity index (χ4n) is 3.70. The molecular weight excluding hydrogens is 501 g/mol. The van der Waals surface area contributed by atoms with Crippen LogP contribution in [0.4, 0.5) is 4.39 Å². The summed E-state index contributed by atoms with van der Waals surface area (Å²) in [6, 6.07) is 0. The lowest BCUT2D eigenvalue weighted by Crippen LogP contribution is -2.22. The van der Waals surface area contributed by atoms with Crippen molar-refractivity contribution in [2.45, 2.75) is 40.0 Å². The molecule has 1 aromatic rings. The predicted molar refractivity (Wildman–Crippen MR) is 157 cm³/mol. The number of aromatic amines is 1. The summed E-state index contributed by atoms with van der Waals surface area (Å²) in [5.41, 5.74) is 6.49. The molecule has 0 fully saturated rings. The molecule has 38 heavy (non-hydrogen) atoms. The van der Waals surface area contributed by atoms with Gasteiger partial charge in [-0.15, -0.1) is 0 Å². The highest BCUT2D eigenvalue weighted by Crippen LogP contribution is 2.36. The number of likely N-dealkylation sites (N-methyl/N-ethyl adjacent to an activating group) is 1. The zero-order chi connectivity index (χ0) is 28.5. The van der Waals surface area contributed by atoms with Crippen LogP contribution in [0.1, 0.15) is 37.9 Å². The van der Waals surface area contributed by atoms with Crippen LogP contribution in [-0.2, 0) is 16.1 Å². The first kappa shape index (κ1) is 32.5. The number of alkyl halides is 1. The minimum absolute atomic E-state index is 0.278. The van der Waals surface area contributed by atoms with Crippen molar-refractivity contribution in [1.82, 2.24) is 15.3 Å². The van der Waals surface area contributed by atoms with Crippen molar-refractivity contribution in [1.29, 1.82) is 0 Å². The van der Waals surface area contributed by atoms with Gasteiger partial charge >= 0.3 is 0 Å². The van der Waals surface area contributed by atoms with Crippen LogP contribution < -0.4 is 0 Å². The molecular formula is C31H39ClFN3O2. The van der Waals surface area contributed by atoms with E-state index in [2.05, 4.69) is 23.4 Å². The van der Waals surface area contributed by atoms with Crippen LogP contribution in [0.25, 0.3) is 0 Å². The van der Waals surface area contributed by atoms with Crippen molar-refractivity contribution < 1.29 is 14.0 Å². The van der Waals surface area contributed by atoms with E-state index in [1.54, 1.807) is 30.5 Å². The number of allylic oxidation sites excluding steroid dienone is 15. The summed E-state index contributed by atoms with van der Waals surface area (Å²) in [6.45, 7) is 13.6. The summed E-state index contributed by atoms with van der Waals surface area (Å²) in [5, 5.41) is 8.63. The molecule has 1 rings (SSSR count). The second-order valence-electron chi connectivity index (χ2n) is 8.25. The molecule has 204 valence electrons. The molecule has 0 saturated carbocycles. The standard InChI is InChI=1S/C31H39ClFN3O2/c1-8-14-25(16-12-11-13-17-30(37)36(6)38-7)31(23(4)18-19-29-24(5)22-34-35-29)26(10-3)27(15-9-2)28(32)20-21-33/h8-9,11-17,20,22H,2,4,10,18-19,21H2,1,3,5-7H3,(H,34,35)/b12-11+,14-8-,17-13+,25-16+,27-15-,28-20+,31-26-. The fourth-order valence-corrected chi connectivity index (χ4v) is 3.93. The number of hydrogen-bond acceptors (Lipinski definition) is 3. The summed E-state index contributed by atoms with van der Waals surface area (Å²) in [4.78, 5) is 16.8. The number of carbonyl (C=O) groups is 1. The van der Waals surface area contributed by atoms with Crippen LogP contribution in [-0.4, -0.2) is 42.0 Å². The smallest absolute Gasteiger partial charge is 0.269 e. The number of rotatable bonds is 15. The Morgan fingerprint density at radius 3 is 2.55 bits per heavy atom. The summed E-state index contributed by atoms with van der Waals surface area (Å²) in [5.74, 6) is -0.278. The number of hydrogen-bond donors (Lipinski definition) is 1. The molecule has 1 amide bonds. The van der Waals surface area contributed by atoms with Crippen molar-refractivity contribution in [3.63, 3.8) is 0 Å². The molecule has 0 spiro atoms. The molecule has 0 atom stereocenters. The molecule has 5 nitrogen and oxygen atoms in total. The van der Waals surface area contributed by atoms with E-state index in [9.17, 15) is 9.18 Å². The number of aromatic nitrogens is 2. The van der Waals surface area contributed by atoms with E-state index in [1.165, 1.54) is 26.3 Å². The van der Waals surface area contributed by atoms with Crippen LogP contribution in [0.15, 0.2) is 113 Å². The number of amides is 1. The van der Waals surface area contributed by atoms with Gasteiger partial charge in [-0.3, -0.25) is 14.7 Å². The van der Waals surface area contributed by atoms with Gasteiger partial charge in [-0.05, 0) is 72.6 Å². The molecule has 0 bridgehead atoms. The maximum atomic E-state index is 13.2. The summed E-state index contributed by atoms with van der Waals surface area (Å²) in [7, 11) is 2.97. The highest BCUT2D eigenvalue weighted by Gasteiger charge is 2.18. The van der Waals surface area contributed by atoms with Crippen molar-refractivity contribution in [3.8, 4) is 0 Å². The Labute approximate surface area is 231 Å². The third kappa shape index (κ3) is 10.1. The number of nitrogens with zero attached hydrogens (tertiary/aromatic N) is 2. The first-order valence-electron chi connectivity index (χ1n) is 12.4.